The minimum Gasteiger partial charge on any atom is -0.481 e. The third-order valence-corrected chi connectivity index (χ3v) is 4.07. The number of H-pyrrole nitrogens is 1. The Bertz CT molecular complexity index is 608. The summed E-state index contributed by atoms with van der Waals surface area (Å²) in [7, 11) is 0. The standard InChI is InChI=1S/C15H19N3O2/c19-14(20)8-12-4-1-2-7-18(12)10-11-9-17-15-13(11)5-3-6-16-15/h3,5-6,9,12H,1-2,4,7-8,10H2,(H,16,17)(H,19,20). The van der Waals surface area contributed by atoms with Gasteiger partial charge in [0.25, 0.3) is 0 Å². The molecule has 5 nitrogen and oxygen atoms in total. The van der Waals surface area contributed by atoms with E-state index in [0.29, 0.717) is 0 Å². The first-order chi connectivity index (χ1) is 9.74. The van der Waals surface area contributed by atoms with Gasteiger partial charge >= 0.3 is 5.97 Å². The van der Waals surface area contributed by atoms with Crippen LogP contribution in [0.5, 0.6) is 0 Å². The Hall–Kier alpha value is -1.88. The van der Waals surface area contributed by atoms with Crippen LogP contribution < -0.4 is 0 Å². The molecule has 106 valence electrons. The molecule has 1 aliphatic rings. The molecule has 0 saturated carbocycles. The SMILES string of the molecule is O=C(O)CC1CCCCN1Cc1c[nH]c2ncccc12. The average molecular weight is 273 g/mol. The number of carboxylic acid groups (broad SMARTS) is 1. The number of pyridine rings is 1. The first kappa shape index (κ1) is 13.1. The number of hydrogen-bond donors (Lipinski definition) is 2. The summed E-state index contributed by atoms with van der Waals surface area (Å²) >= 11 is 0. The normalized spacial score (nSPS) is 20.3. The van der Waals surface area contributed by atoms with Gasteiger partial charge in [-0.25, -0.2) is 4.98 Å². The van der Waals surface area contributed by atoms with E-state index < -0.39 is 5.97 Å². The number of likely N-dealkylation sites (tertiary alicyclic amines) is 1. The average Bonchev–Trinajstić information content (AvgIpc) is 2.84. The second kappa shape index (κ2) is 5.63. The largest absolute Gasteiger partial charge is 0.481 e. The molecule has 3 rings (SSSR count). The van der Waals surface area contributed by atoms with Crippen molar-refractivity contribution < 1.29 is 9.90 Å². The molecule has 0 bridgehead atoms. The van der Waals surface area contributed by atoms with Crippen molar-refractivity contribution in [1.82, 2.24) is 14.9 Å². The van der Waals surface area contributed by atoms with E-state index in [9.17, 15) is 4.79 Å². The van der Waals surface area contributed by atoms with Crippen LogP contribution >= 0.6 is 0 Å². The number of aromatic amines is 1. The summed E-state index contributed by atoms with van der Waals surface area (Å²) < 4.78 is 0. The fourth-order valence-corrected chi connectivity index (χ4v) is 3.06. The smallest absolute Gasteiger partial charge is 0.304 e. The van der Waals surface area contributed by atoms with Crippen molar-refractivity contribution in [2.24, 2.45) is 0 Å². The van der Waals surface area contributed by atoms with E-state index >= 15 is 0 Å². The molecule has 0 aliphatic carbocycles. The summed E-state index contributed by atoms with van der Waals surface area (Å²) in [6.07, 6.45) is 7.26. The minimum absolute atomic E-state index is 0.155. The van der Waals surface area contributed by atoms with Gasteiger partial charge in [-0.2, -0.15) is 0 Å². The van der Waals surface area contributed by atoms with Gasteiger partial charge in [0, 0.05) is 30.4 Å². The molecule has 1 unspecified atom stereocenters. The Kier molecular flexibility index (Phi) is 3.69. The molecular weight excluding hydrogens is 254 g/mol. The molecule has 5 heteroatoms. The monoisotopic (exact) mass is 273 g/mol. The Morgan fingerprint density at radius 2 is 2.40 bits per heavy atom. The van der Waals surface area contributed by atoms with E-state index in [1.807, 2.05) is 12.3 Å². The van der Waals surface area contributed by atoms with E-state index in [1.54, 1.807) is 6.20 Å². The molecule has 1 saturated heterocycles. The van der Waals surface area contributed by atoms with E-state index in [-0.39, 0.29) is 12.5 Å². The van der Waals surface area contributed by atoms with Gasteiger partial charge in [-0.05, 0) is 37.1 Å². The summed E-state index contributed by atoms with van der Waals surface area (Å²) in [5, 5.41) is 10.2. The van der Waals surface area contributed by atoms with Crippen molar-refractivity contribution in [3.8, 4) is 0 Å². The summed E-state index contributed by atoms with van der Waals surface area (Å²) in [5.41, 5.74) is 2.10. The quantitative estimate of drug-likeness (QED) is 0.897. The predicted octanol–water partition coefficient (Wildman–Crippen LogP) is 2.39. The van der Waals surface area contributed by atoms with Gasteiger partial charge in [0.1, 0.15) is 5.65 Å². The molecule has 0 spiro atoms. The predicted molar refractivity (Wildman–Crippen MR) is 76.4 cm³/mol. The van der Waals surface area contributed by atoms with Crippen LogP contribution in [-0.2, 0) is 11.3 Å². The fraction of sp³-hybridized carbons (Fsp3) is 0.467. The maximum absolute atomic E-state index is 11.0. The third kappa shape index (κ3) is 2.67. The number of piperidine rings is 1. The summed E-state index contributed by atoms with van der Waals surface area (Å²) in [4.78, 5) is 20.8. The van der Waals surface area contributed by atoms with Gasteiger partial charge in [0.15, 0.2) is 0 Å². The number of carbonyl (C=O) groups is 1. The fourth-order valence-electron chi connectivity index (χ4n) is 3.06. The highest BCUT2D eigenvalue weighted by molar-refractivity contribution is 5.79. The van der Waals surface area contributed by atoms with Crippen LogP contribution in [0.3, 0.4) is 0 Å². The summed E-state index contributed by atoms with van der Waals surface area (Å²) in [5.74, 6) is -0.706. The Labute approximate surface area is 117 Å². The number of aromatic nitrogens is 2. The number of nitrogens with zero attached hydrogens (tertiary/aromatic N) is 2. The van der Waals surface area contributed by atoms with E-state index in [1.165, 1.54) is 5.56 Å². The lowest BCUT2D eigenvalue weighted by molar-refractivity contribution is -0.138. The number of carboxylic acids is 1. The van der Waals surface area contributed by atoms with Crippen LogP contribution in [0, 0.1) is 0 Å². The molecule has 2 aromatic rings. The zero-order valence-electron chi connectivity index (χ0n) is 11.4. The van der Waals surface area contributed by atoms with Crippen LogP contribution in [-0.4, -0.2) is 38.5 Å². The molecule has 2 aromatic heterocycles. The van der Waals surface area contributed by atoms with Crippen molar-refractivity contribution in [3.05, 3.63) is 30.1 Å². The molecular formula is C15H19N3O2. The molecule has 1 atom stereocenters. The van der Waals surface area contributed by atoms with Gasteiger partial charge in [0.05, 0.1) is 6.42 Å². The highest BCUT2D eigenvalue weighted by Crippen LogP contribution is 2.24. The van der Waals surface area contributed by atoms with Crippen LogP contribution in [0.4, 0.5) is 0 Å². The molecule has 0 amide bonds. The number of rotatable bonds is 4. The van der Waals surface area contributed by atoms with Gasteiger partial charge < -0.3 is 10.1 Å². The van der Waals surface area contributed by atoms with Crippen LogP contribution in [0.2, 0.25) is 0 Å². The second-order valence-corrected chi connectivity index (χ2v) is 5.43. The van der Waals surface area contributed by atoms with Crippen LogP contribution in [0.15, 0.2) is 24.5 Å². The molecule has 20 heavy (non-hydrogen) atoms. The lowest BCUT2D eigenvalue weighted by Crippen LogP contribution is -2.40. The van der Waals surface area contributed by atoms with E-state index in [0.717, 1.165) is 43.4 Å². The maximum atomic E-state index is 11.0. The number of aliphatic carboxylic acids is 1. The Balaban J connectivity index is 1.79. The number of hydrogen-bond acceptors (Lipinski definition) is 3. The van der Waals surface area contributed by atoms with Gasteiger partial charge in [-0.15, -0.1) is 0 Å². The Morgan fingerprint density at radius 1 is 1.50 bits per heavy atom. The van der Waals surface area contributed by atoms with Crippen molar-refractivity contribution in [2.45, 2.75) is 38.3 Å². The zero-order chi connectivity index (χ0) is 13.9. The molecule has 1 fully saturated rings. The van der Waals surface area contributed by atoms with Crippen molar-refractivity contribution in [2.75, 3.05) is 6.54 Å². The molecule has 1 aliphatic heterocycles. The lowest BCUT2D eigenvalue weighted by Gasteiger charge is -2.34. The molecule has 0 aromatic carbocycles. The minimum atomic E-state index is -0.706. The van der Waals surface area contributed by atoms with Gasteiger partial charge in [-0.3, -0.25) is 9.69 Å². The summed E-state index contributed by atoms with van der Waals surface area (Å²) in [6.45, 7) is 1.77. The first-order valence-electron chi connectivity index (χ1n) is 7.11. The third-order valence-electron chi connectivity index (χ3n) is 4.07. The van der Waals surface area contributed by atoms with E-state index in [4.69, 9.17) is 5.11 Å². The maximum Gasteiger partial charge on any atom is 0.304 e. The molecule has 3 heterocycles. The lowest BCUT2D eigenvalue weighted by atomic mass is 9.98. The van der Waals surface area contributed by atoms with E-state index in [2.05, 4.69) is 20.9 Å². The second-order valence-electron chi connectivity index (χ2n) is 5.43. The Morgan fingerprint density at radius 3 is 3.25 bits per heavy atom. The van der Waals surface area contributed by atoms with Crippen LogP contribution in [0.1, 0.15) is 31.2 Å². The van der Waals surface area contributed by atoms with Gasteiger partial charge in [0.2, 0.25) is 0 Å². The van der Waals surface area contributed by atoms with Gasteiger partial charge in [-0.1, -0.05) is 6.42 Å². The number of fused-ring (bicyclic) bond motifs is 1. The van der Waals surface area contributed by atoms with Crippen LogP contribution in [0.25, 0.3) is 11.0 Å². The topological polar surface area (TPSA) is 69.2 Å². The highest BCUT2D eigenvalue weighted by atomic mass is 16.4. The molecule has 2 N–H and O–H groups in total. The summed E-state index contributed by atoms with van der Waals surface area (Å²) in [6, 6.07) is 4.15. The first-order valence-corrected chi connectivity index (χ1v) is 7.11. The van der Waals surface area contributed by atoms with Crippen molar-refractivity contribution in [3.63, 3.8) is 0 Å². The van der Waals surface area contributed by atoms with Crippen molar-refractivity contribution in [1.29, 1.82) is 0 Å². The number of nitrogens with one attached hydrogen (secondary N) is 1. The molecule has 0 radical (unpaired) electrons. The van der Waals surface area contributed by atoms with Crippen molar-refractivity contribution >= 4 is 17.0 Å². The zero-order valence-corrected chi connectivity index (χ0v) is 11.4. The highest BCUT2D eigenvalue weighted by Gasteiger charge is 2.25.